The Bertz CT molecular complexity index is 1440. The van der Waals surface area contributed by atoms with E-state index in [0.29, 0.717) is 38.0 Å². The Morgan fingerprint density at radius 2 is 1.48 bits per heavy atom. The smallest absolute Gasteiger partial charge is 0.327 e. The summed E-state index contributed by atoms with van der Waals surface area (Å²) in [5.41, 5.74) is 14.7. The molecule has 1 aliphatic rings. The highest BCUT2D eigenvalue weighted by molar-refractivity contribution is 6.02. The van der Waals surface area contributed by atoms with E-state index in [1.165, 1.54) is 0 Å². The van der Waals surface area contributed by atoms with Gasteiger partial charge in [0.2, 0.25) is 5.91 Å². The maximum Gasteiger partial charge on any atom is 0.327 e. The summed E-state index contributed by atoms with van der Waals surface area (Å²) >= 11 is 0. The van der Waals surface area contributed by atoms with E-state index in [1.54, 1.807) is 30.3 Å². The van der Waals surface area contributed by atoms with E-state index in [9.17, 15) is 24.3 Å². The molecule has 3 aromatic rings. The molecule has 1 saturated heterocycles. The summed E-state index contributed by atoms with van der Waals surface area (Å²) < 4.78 is 5.47. The van der Waals surface area contributed by atoms with Gasteiger partial charge < -0.3 is 31.9 Å². The fourth-order valence-corrected chi connectivity index (χ4v) is 5.05. The Balaban J connectivity index is 1.45. The van der Waals surface area contributed by atoms with Crippen LogP contribution in [0.1, 0.15) is 30.4 Å². The summed E-state index contributed by atoms with van der Waals surface area (Å²) in [5.74, 6) is -3.34. The lowest BCUT2D eigenvalue weighted by atomic mass is 9.84. The molecule has 0 aliphatic carbocycles. The van der Waals surface area contributed by atoms with Gasteiger partial charge in [-0.15, -0.1) is 0 Å². The van der Waals surface area contributed by atoms with Gasteiger partial charge in [-0.3, -0.25) is 29.5 Å². The number of Topliss-reactive ketones (excluding diaryl/α,β-unsaturated/α-hetero) is 1. The van der Waals surface area contributed by atoms with Crippen LogP contribution in [0.2, 0.25) is 0 Å². The highest BCUT2D eigenvalue weighted by Gasteiger charge is 2.58. The number of para-hydroxylation sites is 1. The highest BCUT2D eigenvalue weighted by Crippen LogP contribution is 2.30. The molecule has 0 radical (unpaired) electrons. The third-order valence-electron chi connectivity index (χ3n) is 7.74. The number of ether oxygens (including phenoxy) is 1. The van der Waals surface area contributed by atoms with Crippen molar-refractivity contribution >= 4 is 29.3 Å². The quantitative estimate of drug-likeness (QED) is 0.0644. The van der Waals surface area contributed by atoms with Crippen LogP contribution < -0.4 is 27.6 Å². The number of nitrogens with two attached hydrogens (primary N) is 2. The molecule has 8 N–H and O–H groups in total. The minimum absolute atomic E-state index is 0.113. The third kappa shape index (κ3) is 9.44. The van der Waals surface area contributed by atoms with Crippen LogP contribution in [0.25, 0.3) is 0 Å². The molecule has 2 amide bonds. The first-order valence-electron chi connectivity index (χ1n) is 15.3. The van der Waals surface area contributed by atoms with Gasteiger partial charge in [0, 0.05) is 13.0 Å². The molecule has 12 nitrogen and oxygen atoms in total. The van der Waals surface area contributed by atoms with Crippen molar-refractivity contribution in [2.24, 2.45) is 11.5 Å². The zero-order valence-corrected chi connectivity index (χ0v) is 25.5. The summed E-state index contributed by atoms with van der Waals surface area (Å²) in [4.78, 5) is 58.3. The lowest BCUT2D eigenvalue weighted by molar-refractivity contribution is -0.155. The molecule has 0 bridgehead atoms. The number of hydrogen-bond donors (Lipinski definition) is 6. The van der Waals surface area contributed by atoms with Crippen molar-refractivity contribution in [3.05, 3.63) is 102 Å². The topological polar surface area (TPSA) is 198 Å². The van der Waals surface area contributed by atoms with Gasteiger partial charge in [-0.05, 0) is 55.5 Å². The number of ketones is 1. The fraction of sp³-hybridized carbons (Fsp3) is 0.353. The summed E-state index contributed by atoms with van der Waals surface area (Å²) in [6.07, 6.45) is -2.78. The molecule has 4 rings (SSSR count). The van der Waals surface area contributed by atoms with Crippen LogP contribution in [0.15, 0.2) is 91.0 Å². The maximum absolute atomic E-state index is 13.7. The van der Waals surface area contributed by atoms with E-state index < -0.39 is 53.5 Å². The summed E-state index contributed by atoms with van der Waals surface area (Å²) in [6, 6.07) is 26.5. The van der Waals surface area contributed by atoms with Crippen molar-refractivity contribution in [3.8, 4) is 0 Å². The zero-order valence-electron chi connectivity index (χ0n) is 25.5. The summed E-state index contributed by atoms with van der Waals surface area (Å²) in [6.45, 7) is 0.672. The fourth-order valence-electron chi connectivity index (χ4n) is 5.05. The Hall–Kier alpha value is -4.62. The average molecular weight is 632 g/mol. The summed E-state index contributed by atoms with van der Waals surface area (Å²) in [7, 11) is 0. The molecule has 5 atom stereocenters. The van der Waals surface area contributed by atoms with Crippen molar-refractivity contribution < 1.29 is 33.9 Å². The Kier molecular flexibility index (Phi) is 12.4. The Morgan fingerprint density at radius 3 is 2.09 bits per heavy atom. The van der Waals surface area contributed by atoms with E-state index in [0.717, 1.165) is 11.1 Å². The standard InChI is InChI=1S/C34H41N5O7/c35-20-11-10-19-34(36,33(43)44)30(46-39-25-16-8-3-9-17-25)27(40)28-29(45-28)32(42)38-26(22-24-14-6-2-7-15-24)31(41)37-21-18-23-12-4-1-5-13-23/h1-9,12-17,26,28-30,39H,10-11,18-22,35-36H2,(H,37,41)(H,38,42)(H,43,44)/t26?,28-,29+,30?,34+/m1/s1. The number of unbranched alkanes of at least 4 members (excludes halogenated alkanes) is 1. The van der Waals surface area contributed by atoms with Crippen LogP contribution in [0, 0.1) is 0 Å². The van der Waals surface area contributed by atoms with E-state index in [1.807, 2.05) is 60.7 Å². The van der Waals surface area contributed by atoms with Crippen LogP contribution in [0.4, 0.5) is 5.69 Å². The minimum Gasteiger partial charge on any atom is -0.480 e. The van der Waals surface area contributed by atoms with E-state index >= 15 is 0 Å². The van der Waals surface area contributed by atoms with Gasteiger partial charge in [0.15, 0.2) is 29.6 Å². The molecule has 3 aromatic carbocycles. The van der Waals surface area contributed by atoms with Gasteiger partial charge in [0.1, 0.15) is 6.04 Å². The Labute approximate surface area is 267 Å². The van der Waals surface area contributed by atoms with Gasteiger partial charge in [-0.25, -0.2) is 0 Å². The molecule has 12 heteroatoms. The predicted octanol–water partition coefficient (Wildman–Crippen LogP) is 1.73. The molecular formula is C34H41N5O7. The molecule has 0 aromatic heterocycles. The first-order valence-corrected chi connectivity index (χ1v) is 15.3. The van der Waals surface area contributed by atoms with Crippen LogP contribution >= 0.6 is 0 Å². The number of carbonyl (C=O) groups is 4. The number of rotatable bonds is 19. The van der Waals surface area contributed by atoms with Crippen LogP contribution in [0.3, 0.4) is 0 Å². The molecule has 0 saturated carbocycles. The van der Waals surface area contributed by atoms with Crippen molar-refractivity contribution in [2.75, 3.05) is 18.6 Å². The van der Waals surface area contributed by atoms with Crippen molar-refractivity contribution in [3.63, 3.8) is 0 Å². The molecule has 1 fully saturated rings. The Morgan fingerprint density at radius 1 is 0.870 bits per heavy atom. The van der Waals surface area contributed by atoms with Crippen LogP contribution in [-0.4, -0.2) is 71.7 Å². The molecule has 2 unspecified atom stereocenters. The van der Waals surface area contributed by atoms with Gasteiger partial charge in [0.05, 0.1) is 5.69 Å². The van der Waals surface area contributed by atoms with Crippen molar-refractivity contribution in [2.45, 2.75) is 62.0 Å². The zero-order chi connectivity index (χ0) is 32.9. The second-order valence-electron chi connectivity index (χ2n) is 11.2. The first-order chi connectivity index (χ1) is 22.2. The monoisotopic (exact) mass is 631 g/mol. The third-order valence-corrected chi connectivity index (χ3v) is 7.74. The largest absolute Gasteiger partial charge is 0.480 e. The van der Waals surface area contributed by atoms with Gasteiger partial charge in [0.25, 0.3) is 5.91 Å². The second kappa shape index (κ2) is 16.6. The molecule has 1 aliphatic heterocycles. The number of carbonyl (C=O) groups excluding carboxylic acids is 3. The number of aliphatic carboxylic acids is 1. The van der Waals surface area contributed by atoms with E-state index in [-0.39, 0.29) is 12.8 Å². The average Bonchev–Trinajstić information content (AvgIpc) is 3.87. The second-order valence-corrected chi connectivity index (χ2v) is 11.2. The number of carboxylic acids is 1. The van der Waals surface area contributed by atoms with Crippen LogP contribution in [-0.2, 0) is 41.6 Å². The lowest BCUT2D eigenvalue weighted by Crippen LogP contribution is -2.62. The molecular weight excluding hydrogens is 590 g/mol. The van der Waals surface area contributed by atoms with Crippen molar-refractivity contribution in [1.82, 2.24) is 10.6 Å². The summed E-state index contributed by atoms with van der Waals surface area (Å²) in [5, 5.41) is 15.7. The predicted molar refractivity (Wildman–Crippen MR) is 171 cm³/mol. The van der Waals surface area contributed by atoms with Gasteiger partial charge >= 0.3 is 5.97 Å². The minimum atomic E-state index is -2.14. The molecule has 244 valence electrons. The number of hydrogen-bond acceptors (Lipinski definition) is 9. The maximum atomic E-state index is 13.7. The highest BCUT2D eigenvalue weighted by atomic mass is 16.7. The SMILES string of the molecule is NCCCC[C@@](N)(C(=O)O)C(ONc1ccccc1)C(=O)[C@H]1O[C@@H]1C(=O)NC(Cc1ccccc1)C(=O)NCCc1ccccc1. The molecule has 0 spiro atoms. The normalized spacial score (nSPS) is 18.0. The van der Waals surface area contributed by atoms with Gasteiger partial charge in [-0.2, -0.15) is 0 Å². The van der Waals surface area contributed by atoms with E-state index in [2.05, 4.69) is 16.1 Å². The lowest BCUT2D eigenvalue weighted by Gasteiger charge is -2.32. The van der Waals surface area contributed by atoms with Crippen molar-refractivity contribution in [1.29, 1.82) is 0 Å². The van der Waals surface area contributed by atoms with E-state index in [4.69, 9.17) is 21.0 Å². The van der Waals surface area contributed by atoms with Crippen LogP contribution in [0.5, 0.6) is 0 Å². The number of nitrogens with one attached hydrogen (secondary N) is 3. The number of carboxylic acid groups (broad SMARTS) is 1. The number of benzene rings is 3. The number of anilines is 1. The molecule has 1 heterocycles. The van der Waals surface area contributed by atoms with Gasteiger partial charge in [-0.1, -0.05) is 78.9 Å². The first kappa shape index (κ1) is 34.3. The number of amides is 2. The number of epoxide rings is 1. The molecule has 46 heavy (non-hydrogen) atoms.